The van der Waals surface area contributed by atoms with E-state index in [1.54, 1.807) is 23.2 Å². The molecule has 27 heavy (non-hydrogen) atoms. The van der Waals surface area contributed by atoms with E-state index in [1.165, 1.54) is 0 Å². The Hall–Kier alpha value is -3.13. The Morgan fingerprint density at radius 2 is 2.04 bits per heavy atom. The Labute approximate surface area is 158 Å². The zero-order valence-corrected chi connectivity index (χ0v) is 15.6. The number of hydrogen-bond donors (Lipinski definition) is 1. The van der Waals surface area contributed by atoms with Crippen LogP contribution >= 0.6 is 0 Å². The minimum absolute atomic E-state index is 0.0812. The maximum absolute atomic E-state index is 13.1. The van der Waals surface area contributed by atoms with Crippen molar-refractivity contribution in [1.82, 2.24) is 20.6 Å². The van der Waals surface area contributed by atoms with Crippen LogP contribution in [-0.2, 0) is 11.3 Å². The van der Waals surface area contributed by atoms with Crippen LogP contribution in [0.25, 0.3) is 0 Å². The van der Waals surface area contributed by atoms with Gasteiger partial charge in [-0.05, 0) is 37.1 Å². The highest BCUT2D eigenvalue weighted by atomic mass is 16.7. The molecular formula is C19H22N6O2. The number of carbonyl (C=O) groups excluding carboxylic acids is 1. The average molecular weight is 366 g/mol. The third kappa shape index (κ3) is 3.08. The molecule has 0 bridgehead atoms. The van der Waals surface area contributed by atoms with Crippen molar-refractivity contribution >= 4 is 23.2 Å². The molecule has 2 aromatic rings. The number of nitrogens with zero attached hydrogens (tertiary/aromatic N) is 5. The Morgan fingerprint density at radius 1 is 1.19 bits per heavy atom. The van der Waals surface area contributed by atoms with Gasteiger partial charge in [-0.25, -0.2) is 9.97 Å². The monoisotopic (exact) mass is 366 g/mol. The van der Waals surface area contributed by atoms with Crippen LogP contribution in [0.3, 0.4) is 0 Å². The van der Waals surface area contributed by atoms with Gasteiger partial charge in [0.25, 0.3) is 5.91 Å². The zero-order valence-electron chi connectivity index (χ0n) is 15.6. The van der Waals surface area contributed by atoms with E-state index in [1.807, 2.05) is 49.5 Å². The van der Waals surface area contributed by atoms with E-state index < -0.39 is 0 Å². The van der Waals surface area contributed by atoms with E-state index in [2.05, 4.69) is 15.6 Å². The van der Waals surface area contributed by atoms with Gasteiger partial charge in [-0.3, -0.25) is 9.80 Å². The van der Waals surface area contributed by atoms with Gasteiger partial charge in [0.05, 0.1) is 17.5 Å². The van der Waals surface area contributed by atoms with Crippen LogP contribution in [0.1, 0.15) is 29.3 Å². The predicted molar refractivity (Wildman–Crippen MR) is 102 cm³/mol. The molecule has 4 rings (SSSR count). The van der Waals surface area contributed by atoms with E-state index >= 15 is 0 Å². The minimum atomic E-state index is -0.0812. The van der Waals surface area contributed by atoms with E-state index in [4.69, 9.17) is 4.84 Å². The number of allylic oxidation sites excluding steroid dienone is 1. The van der Waals surface area contributed by atoms with Crippen LogP contribution in [0, 0.1) is 0 Å². The number of nitrogens with one attached hydrogen (secondary N) is 1. The quantitative estimate of drug-likeness (QED) is 0.890. The number of rotatable bonds is 4. The highest BCUT2D eigenvalue weighted by molar-refractivity contribution is 6.12. The highest BCUT2D eigenvalue weighted by Crippen LogP contribution is 2.37. The molecule has 2 aliphatic rings. The molecule has 0 saturated heterocycles. The summed E-state index contributed by atoms with van der Waals surface area (Å²) in [5.74, 6) is 2.16. The van der Waals surface area contributed by atoms with Crippen molar-refractivity contribution in [3.8, 4) is 0 Å². The van der Waals surface area contributed by atoms with Crippen molar-refractivity contribution in [2.75, 3.05) is 30.4 Å². The van der Waals surface area contributed by atoms with E-state index in [0.717, 1.165) is 35.7 Å². The standard InChI is InChI=1S/C19H22N6O2/c1-4-25-17-15(19(26)24(3)16-6-5-9-20-18(16)25)10-13(11-21-17)7-8-14-12-23(2)22-27-14/h5-6,9-12,22H,4,7-8H2,1-3H3. The summed E-state index contributed by atoms with van der Waals surface area (Å²) in [6.45, 7) is 2.70. The molecule has 0 fully saturated rings. The molecule has 8 heteroatoms. The number of hydrogen-bond acceptors (Lipinski definition) is 7. The fraction of sp³-hybridized carbons (Fsp3) is 0.316. The molecule has 0 saturated carbocycles. The number of anilines is 3. The Kier molecular flexibility index (Phi) is 4.41. The highest BCUT2D eigenvalue weighted by Gasteiger charge is 2.30. The normalized spacial score (nSPS) is 15.9. The minimum Gasteiger partial charge on any atom is -0.392 e. The van der Waals surface area contributed by atoms with Crippen molar-refractivity contribution in [1.29, 1.82) is 0 Å². The molecule has 2 aromatic heterocycles. The summed E-state index contributed by atoms with van der Waals surface area (Å²) in [6.07, 6.45) is 6.92. The number of fused-ring (bicyclic) bond motifs is 2. The third-order valence-electron chi connectivity index (χ3n) is 4.73. The summed E-state index contributed by atoms with van der Waals surface area (Å²) in [7, 11) is 3.65. The summed E-state index contributed by atoms with van der Waals surface area (Å²) in [6, 6.07) is 5.68. The number of carbonyl (C=O) groups is 1. The maximum atomic E-state index is 13.1. The SMILES string of the molecule is CCN1c2ncc(CCC3=CN(C)NO3)cc2C(=O)N(C)c2cccnc21. The van der Waals surface area contributed by atoms with E-state index in [0.29, 0.717) is 17.9 Å². The molecule has 1 amide bonds. The number of amides is 1. The van der Waals surface area contributed by atoms with Crippen LogP contribution < -0.4 is 15.4 Å². The fourth-order valence-electron chi connectivity index (χ4n) is 3.34. The molecule has 1 N–H and O–H groups in total. The Balaban J connectivity index is 1.68. The zero-order chi connectivity index (χ0) is 19.0. The second kappa shape index (κ2) is 6.88. The van der Waals surface area contributed by atoms with Crippen molar-refractivity contribution in [3.05, 3.63) is 53.7 Å². The lowest BCUT2D eigenvalue weighted by atomic mass is 10.1. The lowest BCUT2D eigenvalue weighted by molar-refractivity contribution is 0.0328. The van der Waals surface area contributed by atoms with Gasteiger partial charge in [-0.15, -0.1) is 0 Å². The smallest absolute Gasteiger partial charge is 0.261 e. The van der Waals surface area contributed by atoms with Crippen molar-refractivity contribution in [2.45, 2.75) is 19.8 Å². The van der Waals surface area contributed by atoms with Crippen LogP contribution in [-0.4, -0.2) is 41.5 Å². The third-order valence-corrected chi connectivity index (χ3v) is 4.73. The van der Waals surface area contributed by atoms with E-state index in [9.17, 15) is 4.79 Å². The molecule has 0 unspecified atom stereocenters. The molecule has 0 radical (unpaired) electrons. The Morgan fingerprint density at radius 3 is 2.78 bits per heavy atom. The molecule has 140 valence electrons. The van der Waals surface area contributed by atoms with Crippen LogP contribution in [0.2, 0.25) is 0 Å². The van der Waals surface area contributed by atoms with Gasteiger partial charge < -0.3 is 14.6 Å². The van der Waals surface area contributed by atoms with Gasteiger partial charge >= 0.3 is 0 Å². The number of hydrazine groups is 1. The molecular weight excluding hydrogens is 344 g/mol. The summed E-state index contributed by atoms with van der Waals surface area (Å²) in [4.78, 5) is 31.2. The first-order valence-electron chi connectivity index (χ1n) is 8.94. The first-order chi connectivity index (χ1) is 13.1. The first kappa shape index (κ1) is 17.3. The van der Waals surface area contributed by atoms with Gasteiger partial charge in [0.1, 0.15) is 11.6 Å². The second-order valence-corrected chi connectivity index (χ2v) is 6.57. The predicted octanol–water partition coefficient (Wildman–Crippen LogP) is 2.38. The van der Waals surface area contributed by atoms with Crippen molar-refractivity contribution in [3.63, 3.8) is 0 Å². The maximum Gasteiger partial charge on any atom is 0.261 e. The van der Waals surface area contributed by atoms with Crippen molar-refractivity contribution < 1.29 is 9.63 Å². The van der Waals surface area contributed by atoms with Gasteiger partial charge in [-0.1, -0.05) is 5.59 Å². The molecule has 0 atom stereocenters. The molecule has 0 aliphatic carbocycles. The summed E-state index contributed by atoms with van der Waals surface area (Å²) in [5.41, 5.74) is 5.11. The lowest BCUT2D eigenvalue weighted by Gasteiger charge is -2.22. The fourth-order valence-corrected chi connectivity index (χ4v) is 3.34. The van der Waals surface area contributed by atoms with Gasteiger partial charge in [0.2, 0.25) is 0 Å². The lowest BCUT2D eigenvalue weighted by Crippen LogP contribution is -2.25. The van der Waals surface area contributed by atoms with Gasteiger partial charge in [-0.2, -0.15) is 0 Å². The molecule has 0 spiro atoms. The topological polar surface area (TPSA) is 73.8 Å². The molecule has 0 aromatic carbocycles. The van der Waals surface area contributed by atoms with Crippen LogP contribution in [0.4, 0.5) is 17.3 Å². The van der Waals surface area contributed by atoms with E-state index in [-0.39, 0.29) is 5.91 Å². The number of aromatic nitrogens is 2. The van der Waals surface area contributed by atoms with Crippen LogP contribution in [0.15, 0.2) is 42.6 Å². The largest absolute Gasteiger partial charge is 0.392 e. The second-order valence-electron chi connectivity index (χ2n) is 6.57. The molecule has 4 heterocycles. The summed E-state index contributed by atoms with van der Waals surface area (Å²) in [5, 5.41) is 1.76. The summed E-state index contributed by atoms with van der Waals surface area (Å²) < 4.78 is 0. The number of pyridine rings is 2. The van der Waals surface area contributed by atoms with Gasteiger partial charge in [0.15, 0.2) is 5.82 Å². The van der Waals surface area contributed by atoms with Crippen LogP contribution in [0.5, 0.6) is 0 Å². The molecule has 8 nitrogen and oxygen atoms in total. The summed E-state index contributed by atoms with van der Waals surface area (Å²) >= 11 is 0. The number of aryl methyl sites for hydroxylation is 1. The first-order valence-corrected chi connectivity index (χ1v) is 8.94. The molecule has 2 aliphatic heterocycles. The van der Waals surface area contributed by atoms with Crippen molar-refractivity contribution in [2.24, 2.45) is 0 Å². The van der Waals surface area contributed by atoms with Gasteiger partial charge in [0, 0.05) is 39.5 Å². The Bertz CT molecular complexity index is 913. The average Bonchev–Trinajstić information content (AvgIpc) is 3.08.